The maximum absolute atomic E-state index is 12.2. The lowest BCUT2D eigenvalue weighted by molar-refractivity contribution is -0.143. The van der Waals surface area contributed by atoms with Gasteiger partial charge in [0.25, 0.3) is 0 Å². The molecule has 0 bridgehead atoms. The molecular weight excluding hydrogens is 322 g/mol. The number of hydrogen-bond acceptors (Lipinski definition) is 7. The molecule has 134 valence electrons. The number of aliphatic carboxylic acids is 1. The van der Waals surface area contributed by atoms with Crippen molar-refractivity contribution in [1.29, 1.82) is 0 Å². The highest BCUT2D eigenvalue weighted by Gasteiger charge is 2.31. The summed E-state index contributed by atoms with van der Waals surface area (Å²) >= 11 is 0. The predicted molar refractivity (Wildman–Crippen MR) is 80.5 cm³/mol. The molecule has 0 spiro atoms. The largest absolute Gasteiger partial charge is 0.480 e. The quantitative estimate of drug-likeness (QED) is 0.242. The lowest BCUT2D eigenvalue weighted by atomic mass is 10.1. The van der Waals surface area contributed by atoms with Gasteiger partial charge >= 0.3 is 5.97 Å². The Morgan fingerprint density at radius 3 is 2.46 bits per heavy atom. The van der Waals surface area contributed by atoms with Crippen molar-refractivity contribution in [3.63, 3.8) is 0 Å². The van der Waals surface area contributed by atoms with Gasteiger partial charge in [-0.05, 0) is 6.92 Å². The van der Waals surface area contributed by atoms with Crippen molar-refractivity contribution in [2.75, 3.05) is 6.61 Å². The number of aromatic amines is 1. The smallest absolute Gasteiger partial charge is 0.326 e. The van der Waals surface area contributed by atoms with Crippen LogP contribution in [-0.2, 0) is 20.8 Å². The summed E-state index contributed by atoms with van der Waals surface area (Å²) in [6.07, 6.45) is 1.42. The van der Waals surface area contributed by atoms with E-state index in [1.165, 1.54) is 19.4 Å². The number of carboxylic acids is 1. The van der Waals surface area contributed by atoms with Crippen LogP contribution in [0.4, 0.5) is 0 Å². The number of nitrogens with two attached hydrogens (primary N) is 1. The van der Waals surface area contributed by atoms with E-state index in [1.807, 2.05) is 0 Å². The van der Waals surface area contributed by atoms with Crippen molar-refractivity contribution in [2.45, 2.75) is 37.6 Å². The minimum atomic E-state index is -1.42. The number of carbonyl (C=O) groups excluding carboxylic acids is 2. The summed E-state index contributed by atoms with van der Waals surface area (Å²) in [4.78, 5) is 41.6. The topological polar surface area (TPSA) is 191 Å². The minimum absolute atomic E-state index is 0.0578. The Morgan fingerprint density at radius 1 is 1.33 bits per heavy atom. The number of aromatic nitrogens is 2. The SMILES string of the molecule is C[C@@H](O)[C@H](NC(=O)[C@@H](N)CO)C(=O)N[C@@H](Cc1cnc[nH]1)C(=O)O. The van der Waals surface area contributed by atoms with Crippen LogP contribution in [0.3, 0.4) is 0 Å². The van der Waals surface area contributed by atoms with E-state index in [9.17, 15) is 24.6 Å². The maximum Gasteiger partial charge on any atom is 0.326 e. The van der Waals surface area contributed by atoms with E-state index < -0.39 is 48.6 Å². The highest BCUT2D eigenvalue weighted by Crippen LogP contribution is 2.01. The molecule has 0 fully saturated rings. The molecule has 0 radical (unpaired) electrons. The molecule has 11 heteroatoms. The number of H-pyrrole nitrogens is 1. The molecule has 1 rings (SSSR count). The van der Waals surface area contributed by atoms with Crippen LogP contribution in [0, 0.1) is 0 Å². The zero-order valence-electron chi connectivity index (χ0n) is 13.0. The van der Waals surface area contributed by atoms with Gasteiger partial charge in [0.05, 0.1) is 19.0 Å². The molecule has 8 N–H and O–H groups in total. The van der Waals surface area contributed by atoms with Gasteiger partial charge in [0.1, 0.15) is 18.1 Å². The van der Waals surface area contributed by atoms with E-state index in [-0.39, 0.29) is 6.42 Å². The standard InChI is InChI=1S/C13H21N5O6/c1-6(20)10(18-11(21)8(14)4-19)12(22)17-9(13(23)24)2-7-3-15-5-16-7/h3,5-6,8-10,19-20H,2,4,14H2,1H3,(H,15,16)(H,17,22)(H,18,21)(H,23,24)/t6-,8+,9+,10+/m1/s1. The Hall–Kier alpha value is -2.50. The first-order chi connectivity index (χ1) is 11.3. The average Bonchev–Trinajstić information content (AvgIpc) is 3.03. The van der Waals surface area contributed by atoms with Gasteiger partial charge in [0.15, 0.2) is 0 Å². The Balaban J connectivity index is 2.77. The number of aliphatic hydroxyl groups excluding tert-OH is 2. The van der Waals surface area contributed by atoms with Crippen LogP contribution < -0.4 is 16.4 Å². The Morgan fingerprint density at radius 2 is 2.00 bits per heavy atom. The molecular formula is C13H21N5O6. The molecule has 0 unspecified atom stereocenters. The highest BCUT2D eigenvalue weighted by atomic mass is 16.4. The summed E-state index contributed by atoms with van der Waals surface area (Å²) < 4.78 is 0. The van der Waals surface area contributed by atoms with Crippen molar-refractivity contribution < 1.29 is 29.7 Å². The van der Waals surface area contributed by atoms with E-state index in [0.717, 1.165) is 0 Å². The molecule has 0 saturated carbocycles. The first kappa shape index (κ1) is 19.5. The Bertz CT molecular complexity index is 561. The van der Waals surface area contributed by atoms with Gasteiger partial charge in [0, 0.05) is 18.3 Å². The average molecular weight is 343 g/mol. The summed E-state index contributed by atoms with van der Waals surface area (Å²) in [5.41, 5.74) is 5.81. The van der Waals surface area contributed by atoms with Crippen molar-refractivity contribution in [2.24, 2.45) is 5.73 Å². The second kappa shape index (κ2) is 8.96. The monoisotopic (exact) mass is 343 g/mol. The van der Waals surface area contributed by atoms with E-state index in [1.54, 1.807) is 0 Å². The number of imidazole rings is 1. The summed E-state index contributed by atoms with van der Waals surface area (Å²) in [5, 5.41) is 32.1. The lowest BCUT2D eigenvalue weighted by Gasteiger charge is -2.24. The minimum Gasteiger partial charge on any atom is -0.480 e. The molecule has 0 aliphatic carbocycles. The molecule has 11 nitrogen and oxygen atoms in total. The van der Waals surface area contributed by atoms with E-state index in [4.69, 9.17) is 10.8 Å². The number of carbonyl (C=O) groups is 3. The predicted octanol–water partition coefficient (Wildman–Crippen LogP) is -3.29. The van der Waals surface area contributed by atoms with E-state index >= 15 is 0 Å². The van der Waals surface area contributed by atoms with E-state index in [2.05, 4.69) is 20.6 Å². The van der Waals surface area contributed by atoms with Gasteiger partial charge in [-0.3, -0.25) is 9.59 Å². The van der Waals surface area contributed by atoms with Gasteiger partial charge in [-0.2, -0.15) is 0 Å². The third kappa shape index (κ3) is 5.61. The Labute approximate surface area is 137 Å². The van der Waals surface area contributed by atoms with Crippen LogP contribution in [0.25, 0.3) is 0 Å². The van der Waals surface area contributed by atoms with Gasteiger partial charge in [-0.15, -0.1) is 0 Å². The number of amides is 2. The van der Waals surface area contributed by atoms with Gasteiger partial charge in [0.2, 0.25) is 11.8 Å². The molecule has 0 aromatic carbocycles. The van der Waals surface area contributed by atoms with Crippen LogP contribution >= 0.6 is 0 Å². The lowest BCUT2D eigenvalue weighted by Crippen LogP contribution is -2.58. The normalized spacial score (nSPS) is 15.8. The first-order valence-electron chi connectivity index (χ1n) is 7.11. The molecule has 0 saturated heterocycles. The van der Waals surface area contributed by atoms with Crippen LogP contribution in [0.1, 0.15) is 12.6 Å². The molecule has 1 aromatic rings. The maximum atomic E-state index is 12.2. The third-order valence-electron chi connectivity index (χ3n) is 3.19. The number of nitrogens with one attached hydrogen (secondary N) is 3. The molecule has 1 heterocycles. The van der Waals surface area contributed by atoms with Crippen LogP contribution in [0.2, 0.25) is 0 Å². The number of carboxylic acid groups (broad SMARTS) is 1. The number of nitrogens with zero attached hydrogens (tertiary/aromatic N) is 1. The van der Waals surface area contributed by atoms with Crippen LogP contribution in [0.5, 0.6) is 0 Å². The number of aliphatic hydroxyl groups is 2. The van der Waals surface area contributed by atoms with Crippen molar-refractivity contribution in [3.8, 4) is 0 Å². The van der Waals surface area contributed by atoms with Crippen LogP contribution in [-0.4, -0.2) is 73.9 Å². The summed E-state index contributed by atoms with van der Waals surface area (Å²) in [6, 6.07) is -3.97. The zero-order valence-corrected chi connectivity index (χ0v) is 13.0. The van der Waals surface area contributed by atoms with Gasteiger partial charge in [-0.1, -0.05) is 0 Å². The van der Waals surface area contributed by atoms with Crippen molar-refractivity contribution in [3.05, 3.63) is 18.2 Å². The van der Waals surface area contributed by atoms with Crippen LogP contribution in [0.15, 0.2) is 12.5 Å². The molecule has 4 atom stereocenters. The second-order valence-electron chi connectivity index (χ2n) is 5.20. The van der Waals surface area contributed by atoms with Gasteiger partial charge < -0.3 is 36.7 Å². The van der Waals surface area contributed by atoms with Crippen molar-refractivity contribution in [1.82, 2.24) is 20.6 Å². The fourth-order valence-electron chi connectivity index (χ4n) is 1.83. The number of rotatable bonds is 9. The summed E-state index contributed by atoms with van der Waals surface area (Å²) in [7, 11) is 0. The second-order valence-corrected chi connectivity index (χ2v) is 5.20. The summed E-state index contributed by atoms with van der Waals surface area (Å²) in [6.45, 7) is 0.608. The first-order valence-corrected chi connectivity index (χ1v) is 7.11. The third-order valence-corrected chi connectivity index (χ3v) is 3.19. The van der Waals surface area contributed by atoms with E-state index in [0.29, 0.717) is 5.69 Å². The molecule has 24 heavy (non-hydrogen) atoms. The highest BCUT2D eigenvalue weighted by molar-refractivity contribution is 5.92. The van der Waals surface area contributed by atoms with Gasteiger partial charge in [-0.25, -0.2) is 9.78 Å². The Kier molecular flexibility index (Phi) is 7.30. The van der Waals surface area contributed by atoms with Crippen molar-refractivity contribution >= 4 is 17.8 Å². The fraction of sp³-hybridized carbons (Fsp3) is 0.538. The molecule has 0 aliphatic rings. The molecule has 1 aromatic heterocycles. The fourth-order valence-corrected chi connectivity index (χ4v) is 1.83. The number of hydrogen-bond donors (Lipinski definition) is 7. The summed E-state index contributed by atoms with van der Waals surface area (Å²) in [5.74, 6) is -3.03. The molecule has 0 aliphatic heterocycles. The molecule has 2 amide bonds. The zero-order chi connectivity index (χ0) is 18.3.